The molecule has 0 saturated carbocycles. The number of carbonyl (C=O) groups is 2. The first-order valence-electron chi connectivity index (χ1n) is 4.94. The normalized spacial score (nSPS) is 32.0. The molecule has 0 aliphatic carbocycles. The smallest absolute Gasteiger partial charge is 0.407 e. The summed E-state index contributed by atoms with van der Waals surface area (Å²) in [6.07, 6.45) is 0.899. The minimum absolute atomic E-state index is 0.0206. The Hall–Kier alpha value is -1.26. The molecule has 5 heteroatoms. The highest BCUT2D eigenvalue weighted by Crippen LogP contribution is 2.28. The quantitative estimate of drug-likeness (QED) is 0.581. The molecule has 2 atom stereocenters. The van der Waals surface area contributed by atoms with Crippen molar-refractivity contribution in [2.75, 3.05) is 19.6 Å². The number of hydrogen-bond donors (Lipinski definition) is 2. The lowest BCUT2D eigenvalue weighted by Crippen LogP contribution is -2.52. The van der Waals surface area contributed by atoms with Gasteiger partial charge in [0.15, 0.2) is 0 Å². The Kier molecular flexibility index (Phi) is 2.31. The number of carbonyl (C=O) groups excluding carboxylic acids is 1. The largest absolute Gasteiger partial charge is 0.465 e. The van der Waals surface area contributed by atoms with E-state index in [1.54, 1.807) is 0 Å². The highest BCUT2D eigenvalue weighted by molar-refractivity contribution is 5.80. The van der Waals surface area contributed by atoms with Crippen LogP contribution in [0.25, 0.3) is 0 Å². The summed E-state index contributed by atoms with van der Waals surface area (Å²) in [5.41, 5.74) is 0. The van der Waals surface area contributed by atoms with E-state index in [9.17, 15) is 9.59 Å². The maximum Gasteiger partial charge on any atom is 0.407 e. The van der Waals surface area contributed by atoms with Gasteiger partial charge in [-0.3, -0.25) is 4.79 Å². The van der Waals surface area contributed by atoms with Crippen LogP contribution >= 0.6 is 0 Å². The van der Waals surface area contributed by atoms with E-state index in [0.29, 0.717) is 19.0 Å². The van der Waals surface area contributed by atoms with E-state index in [4.69, 9.17) is 5.11 Å². The lowest BCUT2D eigenvalue weighted by atomic mass is 9.80. The minimum atomic E-state index is -0.915. The van der Waals surface area contributed by atoms with Crippen LogP contribution in [-0.4, -0.2) is 41.6 Å². The number of likely N-dealkylation sites (tertiary alicyclic amines) is 1. The fourth-order valence-corrected chi connectivity index (χ4v) is 2.33. The third-order valence-corrected chi connectivity index (χ3v) is 3.18. The van der Waals surface area contributed by atoms with E-state index >= 15 is 0 Å². The van der Waals surface area contributed by atoms with E-state index in [-0.39, 0.29) is 11.8 Å². The summed E-state index contributed by atoms with van der Waals surface area (Å²) in [6, 6.07) is 0. The summed E-state index contributed by atoms with van der Waals surface area (Å²) in [5, 5.41) is 11.6. The van der Waals surface area contributed by atoms with Crippen molar-refractivity contribution in [3.8, 4) is 0 Å². The molecule has 0 aromatic carbocycles. The fourth-order valence-electron chi connectivity index (χ4n) is 2.33. The van der Waals surface area contributed by atoms with Gasteiger partial charge in [-0.2, -0.15) is 0 Å². The molecule has 14 heavy (non-hydrogen) atoms. The predicted octanol–water partition coefficient (Wildman–Crippen LogP) is 0.122. The maximum atomic E-state index is 11.5. The lowest BCUT2D eigenvalue weighted by molar-refractivity contribution is -0.130. The first-order chi connectivity index (χ1) is 6.68. The molecule has 2 aliphatic rings. The van der Waals surface area contributed by atoms with Gasteiger partial charge in [0.2, 0.25) is 5.91 Å². The Morgan fingerprint density at radius 3 is 3.00 bits per heavy atom. The van der Waals surface area contributed by atoms with Crippen LogP contribution in [0.2, 0.25) is 0 Å². The van der Waals surface area contributed by atoms with Gasteiger partial charge in [-0.1, -0.05) is 0 Å². The van der Waals surface area contributed by atoms with E-state index in [1.807, 2.05) is 0 Å². The Balaban J connectivity index is 2.05. The lowest BCUT2D eigenvalue weighted by Gasteiger charge is -2.39. The maximum absolute atomic E-state index is 11.5. The monoisotopic (exact) mass is 198 g/mol. The molecule has 0 aromatic heterocycles. The van der Waals surface area contributed by atoms with Gasteiger partial charge in [-0.25, -0.2) is 4.79 Å². The van der Waals surface area contributed by atoms with Crippen molar-refractivity contribution < 1.29 is 14.7 Å². The van der Waals surface area contributed by atoms with Crippen molar-refractivity contribution in [1.82, 2.24) is 10.2 Å². The molecular formula is C9H14N2O3. The van der Waals surface area contributed by atoms with Gasteiger partial charge in [-0.15, -0.1) is 0 Å². The molecule has 2 rings (SSSR count). The van der Waals surface area contributed by atoms with Crippen LogP contribution in [0.4, 0.5) is 4.79 Å². The second kappa shape index (κ2) is 3.48. The number of amides is 2. The third kappa shape index (κ3) is 1.54. The number of hydrogen-bond acceptors (Lipinski definition) is 2. The van der Waals surface area contributed by atoms with E-state index < -0.39 is 6.09 Å². The summed E-state index contributed by atoms with van der Waals surface area (Å²) < 4.78 is 0. The number of nitrogens with one attached hydrogen (secondary N) is 1. The van der Waals surface area contributed by atoms with Crippen molar-refractivity contribution in [1.29, 1.82) is 0 Å². The van der Waals surface area contributed by atoms with Gasteiger partial charge < -0.3 is 15.3 Å². The van der Waals surface area contributed by atoms with Crippen LogP contribution in [0.5, 0.6) is 0 Å². The van der Waals surface area contributed by atoms with Gasteiger partial charge in [0.1, 0.15) is 0 Å². The van der Waals surface area contributed by atoms with Crippen LogP contribution < -0.4 is 5.32 Å². The molecule has 2 saturated heterocycles. The van der Waals surface area contributed by atoms with E-state index in [0.717, 1.165) is 19.4 Å². The summed E-state index contributed by atoms with van der Waals surface area (Å²) in [4.78, 5) is 23.5. The molecule has 2 fully saturated rings. The standard InChI is InChI=1S/C9H14N2O3/c12-8-7-5-11(9(13)14)4-2-6(7)1-3-10-8/h6-7H,1-5H2,(H,10,12)(H,13,14). The van der Waals surface area contributed by atoms with E-state index in [2.05, 4.69) is 5.32 Å². The number of carboxylic acid groups (broad SMARTS) is 1. The van der Waals surface area contributed by atoms with Crippen molar-refractivity contribution in [2.24, 2.45) is 11.8 Å². The first-order valence-corrected chi connectivity index (χ1v) is 4.94. The molecule has 5 nitrogen and oxygen atoms in total. The molecule has 0 bridgehead atoms. The third-order valence-electron chi connectivity index (χ3n) is 3.18. The van der Waals surface area contributed by atoms with Crippen LogP contribution in [0.15, 0.2) is 0 Å². The van der Waals surface area contributed by atoms with Crippen LogP contribution in [0.1, 0.15) is 12.8 Å². The zero-order valence-electron chi connectivity index (χ0n) is 7.90. The van der Waals surface area contributed by atoms with Gasteiger partial charge in [-0.05, 0) is 18.8 Å². The Bertz CT molecular complexity index is 267. The summed E-state index contributed by atoms with van der Waals surface area (Å²) in [6.45, 7) is 1.68. The number of nitrogens with zero attached hydrogens (tertiary/aromatic N) is 1. The number of rotatable bonds is 0. The highest BCUT2D eigenvalue weighted by Gasteiger charge is 2.37. The summed E-state index contributed by atoms with van der Waals surface area (Å²) >= 11 is 0. The van der Waals surface area contributed by atoms with Gasteiger partial charge >= 0.3 is 6.09 Å². The summed E-state index contributed by atoms with van der Waals surface area (Å²) in [5.74, 6) is 0.292. The minimum Gasteiger partial charge on any atom is -0.465 e. The fraction of sp³-hybridized carbons (Fsp3) is 0.778. The molecule has 78 valence electrons. The van der Waals surface area contributed by atoms with Gasteiger partial charge in [0.25, 0.3) is 0 Å². The molecule has 2 aliphatic heterocycles. The molecule has 0 aromatic rings. The van der Waals surface area contributed by atoms with E-state index in [1.165, 1.54) is 4.90 Å². The van der Waals surface area contributed by atoms with Crippen molar-refractivity contribution in [3.63, 3.8) is 0 Å². The average Bonchev–Trinajstić information content (AvgIpc) is 2.18. The van der Waals surface area contributed by atoms with Crippen molar-refractivity contribution in [2.45, 2.75) is 12.8 Å². The Morgan fingerprint density at radius 2 is 2.29 bits per heavy atom. The van der Waals surface area contributed by atoms with Crippen LogP contribution in [-0.2, 0) is 4.79 Å². The Labute approximate surface area is 82.1 Å². The van der Waals surface area contributed by atoms with Crippen molar-refractivity contribution in [3.05, 3.63) is 0 Å². The molecule has 2 amide bonds. The number of piperidine rings is 2. The van der Waals surface area contributed by atoms with Crippen LogP contribution in [0, 0.1) is 11.8 Å². The predicted molar refractivity (Wildman–Crippen MR) is 48.8 cm³/mol. The molecule has 2 unspecified atom stereocenters. The molecule has 2 heterocycles. The zero-order valence-corrected chi connectivity index (χ0v) is 7.90. The Morgan fingerprint density at radius 1 is 1.50 bits per heavy atom. The second-order valence-electron chi connectivity index (χ2n) is 3.96. The second-order valence-corrected chi connectivity index (χ2v) is 3.96. The van der Waals surface area contributed by atoms with Gasteiger partial charge in [0.05, 0.1) is 5.92 Å². The zero-order chi connectivity index (χ0) is 10.1. The van der Waals surface area contributed by atoms with Gasteiger partial charge in [0, 0.05) is 19.6 Å². The highest BCUT2D eigenvalue weighted by atomic mass is 16.4. The molecule has 2 N–H and O–H groups in total. The summed E-state index contributed by atoms with van der Waals surface area (Å²) in [7, 11) is 0. The van der Waals surface area contributed by atoms with Crippen LogP contribution in [0.3, 0.4) is 0 Å². The first kappa shape index (κ1) is 9.30. The average molecular weight is 198 g/mol. The molecule has 0 spiro atoms. The molecule has 0 radical (unpaired) electrons. The SMILES string of the molecule is O=C1NCCC2CCN(C(=O)O)CC12. The van der Waals surface area contributed by atoms with Crippen molar-refractivity contribution >= 4 is 12.0 Å². The topological polar surface area (TPSA) is 69.6 Å². The number of fused-ring (bicyclic) bond motifs is 1. The molecular weight excluding hydrogens is 184 g/mol.